The highest BCUT2D eigenvalue weighted by atomic mass is 35.5. The number of carbonyl (C=O) groups excluding carboxylic acids is 1. The monoisotopic (exact) mass is 304 g/mol. The highest BCUT2D eigenvalue weighted by Crippen LogP contribution is 2.30. The van der Waals surface area contributed by atoms with Crippen LogP contribution < -0.4 is 0 Å². The van der Waals surface area contributed by atoms with Crippen molar-refractivity contribution >= 4 is 17.5 Å². The van der Waals surface area contributed by atoms with E-state index in [0.29, 0.717) is 17.1 Å². The lowest BCUT2D eigenvalue weighted by atomic mass is 10.2. The van der Waals surface area contributed by atoms with Gasteiger partial charge in [-0.05, 0) is 42.7 Å². The second kappa shape index (κ2) is 5.82. The number of benzene rings is 1. The Morgan fingerprint density at radius 2 is 1.95 bits per heavy atom. The second-order valence-electron chi connectivity index (χ2n) is 5.16. The number of hydrogen-bond acceptors (Lipinski definition) is 2. The van der Waals surface area contributed by atoms with E-state index >= 15 is 0 Å². The van der Waals surface area contributed by atoms with Crippen molar-refractivity contribution in [2.75, 3.05) is 0 Å². The molecule has 1 aromatic heterocycles. The maximum Gasteiger partial charge on any atom is 0.255 e. The summed E-state index contributed by atoms with van der Waals surface area (Å²) in [6.45, 7) is 0.526. The fraction of sp³-hybridized carbons (Fsp3) is 0.250. The topological polar surface area (TPSA) is 33.2 Å². The Morgan fingerprint density at radius 1 is 1.24 bits per heavy atom. The minimum absolute atomic E-state index is 0.111. The summed E-state index contributed by atoms with van der Waals surface area (Å²) in [5.74, 6) is -0.692. The summed E-state index contributed by atoms with van der Waals surface area (Å²) in [5.41, 5.74) is 1.44. The first kappa shape index (κ1) is 14.0. The van der Waals surface area contributed by atoms with Gasteiger partial charge in [-0.3, -0.25) is 4.79 Å². The summed E-state index contributed by atoms with van der Waals surface area (Å²) in [7, 11) is 0. The maximum absolute atomic E-state index is 12.9. The first-order valence-electron chi connectivity index (χ1n) is 6.80. The first-order chi connectivity index (χ1) is 10.1. The van der Waals surface area contributed by atoms with Gasteiger partial charge in [0.05, 0.1) is 5.56 Å². The highest BCUT2D eigenvalue weighted by Gasteiger charge is 2.33. The lowest BCUT2D eigenvalue weighted by Gasteiger charge is -2.22. The Kier molecular flexibility index (Phi) is 3.88. The molecule has 1 heterocycles. The van der Waals surface area contributed by atoms with Crippen LogP contribution in [-0.2, 0) is 6.54 Å². The first-order valence-corrected chi connectivity index (χ1v) is 7.18. The molecule has 1 aromatic carbocycles. The zero-order chi connectivity index (χ0) is 14.8. The number of carbonyl (C=O) groups is 1. The van der Waals surface area contributed by atoms with E-state index in [4.69, 9.17) is 11.6 Å². The summed E-state index contributed by atoms with van der Waals surface area (Å²) in [4.78, 5) is 17.9. The largest absolute Gasteiger partial charge is 0.331 e. The number of halogens is 2. The molecule has 1 aliphatic carbocycles. The molecule has 108 valence electrons. The molecule has 1 aliphatic rings. The number of aromatic nitrogens is 1. The summed E-state index contributed by atoms with van der Waals surface area (Å²) in [5, 5.41) is 0.672. The van der Waals surface area contributed by atoms with E-state index in [9.17, 15) is 9.18 Å². The van der Waals surface area contributed by atoms with Gasteiger partial charge in [-0.2, -0.15) is 4.39 Å². The predicted octanol–water partition coefficient (Wildman–Crippen LogP) is 3.68. The van der Waals surface area contributed by atoms with Crippen LogP contribution >= 0.6 is 11.6 Å². The van der Waals surface area contributed by atoms with Crippen LogP contribution in [0.5, 0.6) is 0 Å². The Labute approximate surface area is 127 Å². The minimum atomic E-state index is -0.581. The average Bonchev–Trinajstić information content (AvgIpc) is 3.31. The lowest BCUT2D eigenvalue weighted by molar-refractivity contribution is 0.0729. The van der Waals surface area contributed by atoms with E-state index in [0.717, 1.165) is 18.4 Å². The fourth-order valence-electron chi connectivity index (χ4n) is 2.21. The third kappa shape index (κ3) is 3.39. The number of amides is 1. The van der Waals surface area contributed by atoms with Crippen molar-refractivity contribution in [1.29, 1.82) is 0 Å². The molecule has 0 bridgehead atoms. The summed E-state index contributed by atoms with van der Waals surface area (Å²) in [6.07, 6.45) is 3.30. The zero-order valence-electron chi connectivity index (χ0n) is 11.3. The van der Waals surface area contributed by atoms with Crippen molar-refractivity contribution in [1.82, 2.24) is 9.88 Å². The van der Waals surface area contributed by atoms with Crippen molar-refractivity contribution in [3.05, 3.63) is 64.7 Å². The van der Waals surface area contributed by atoms with Gasteiger partial charge in [0.25, 0.3) is 5.91 Å². The Morgan fingerprint density at radius 3 is 2.52 bits per heavy atom. The van der Waals surface area contributed by atoms with Crippen LogP contribution in [0.1, 0.15) is 28.8 Å². The molecule has 0 atom stereocenters. The molecule has 1 fully saturated rings. The van der Waals surface area contributed by atoms with Crippen molar-refractivity contribution in [3.63, 3.8) is 0 Å². The highest BCUT2D eigenvalue weighted by molar-refractivity contribution is 6.30. The average molecular weight is 305 g/mol. The van der Waals surface area contributed by atoms with E-state index in [1.54, 1.807) is 0 Å². The van der Waals surface area contributed by atoms with Crippen molar-refractivity contribution < 1.29 is 9.18 Å². The fourth-order valence-corrected chi connectivity index (χ4v) is 2.33. The summed E-state index contributed by atoms with van der Waals surface area (Å²) in [6, 6.07) is 10.4. The summed E-state index contributed by atoms with van der Waals surface area (Å²) >= 11 is 5.87. The Bertz CT molecular complexity index is 638. The minimum Gasteiger partial charge on any atom is -0.331 e. The number of rotatable bonds is 4. The van der Waals surface area contributed by atoms with E-state index in [2.05, 4.69) is 4.98 Å². The smallest absolute Gasteiger partial charge is 0.255 e. The van der Waals surface area contributed by atoms with Gasteiger partial charge in [-0.15, -0.1) is 0 Å². The molecule has 0 unspecified atom stereocenters. The SMILES string of the molecule is O=C(c1ccc(F)nc1)N(Cc1ccc(Cl)cc1)C1CC1. The molecule has 0 aliphatic heterocycles. The van der Waals surface area contributed by atoms with Gasteiger partial charge in [0.15, 0.2) is 0 Å². The van der Waals surface area contributed by atoms with Crippen LogP contribution in [0.4, 0.5) is 4.39 Å². The number of nitrogens with zero attached hydrogens (tertiary/aromatic N) is 2. The molecule has 0 saturated heterocycles. The quantitative estimate of drug-likeness (QED) is 0.807. The van der Waals surface area contributed by atoms with Crippen molar-refractivity contribution in [2.24, 2.45) is 0 Å². The predicted molar refractivity (Wildman–Crippen MR) is 78.5 cm³/mol. The third-order valence-electron chi connectivity index (χ3n) is 3.49. The van der Waals surface area contributed by atoms with Gasteiger partial charge in [0.2, 0.25) is 5.95 Å². The molecule has 1 saturated carbocycles. The molecule has 3 rings (SSSR count). The second-order valence-corrected chi connectivity index (χ2v) is 5.60. The van der Waals surface area contributed by atoms with Crippen LogP contribution in [-0.4, -0.2) is 21.8 Å². The van der Waals surface area contributed by atoms with E-state index < -0.39 is 5.95 Å². The van der Waals surface area contributed by atoms with E-state index in [-0.39, 0.29) is 11.9 Å². The van der Waals surface area contributed by atoms with Crippen LogP contribution in [0.2, 0.25) is 5.02 Å². The van der Waals surface area contributed by atoms with Gasteiger partial charge >= 0.3 is 0 Å². The molecular weight excluding hydrogens is 291 g/mol. The third-order valence-corrected chi connectivity index (χ3v) is 3.74. The molecule has 1 amide bonds. The van der Waals surface area contributed by atoms with Crippen molar-refractivity contribution in [3.8, 4) is 0 Å². The van der Waals surface area contributed by atoms with E-state index in [1.807, 2.05) is 29.2 Å². The van der Waals surface area contributed by atoms with Crippen LogP contribution in [0.25, 0.3) is 0 Å². The van der Waals surface area contributed by atoms with Gasteiger partial charge in [0, 0.05) is 23.8 Å². The van der Waals surface area contributed by atoms with E-state index in [1.165, 1.54) is 18.3 Å². The Hall–Kier alpha value is -1.94. The van der Waals surface area contributed by atoms with Crippen molar-refractivity contribution in [2.45, 2.75) is 25.4 Å². The normalized spacial score (nSPS) is 14.0. The molecule has 0 radical (unpaired) electrons. The van der Waals surface area contributed by atoms with Crippen LogP contribution in [0, 0.1) is 5.95 Å². The maximum atomic E-state index is 12.9. The lowest BCUT2D eigenvalue weighted by Crippen LogP contribution is -2.32. The van der Waals surface area contributed by atoms with Crippen LogP contribution in [0.3, 0.4) is 0 Å². The molecule has 3 nitrogen and oxygen atoms in total. The molecule has 0 spiro atoms. The van der Waals surface area contributed by atoms with Gasteiger partial charge < -0.3 is 4.90 Å². The number of hydrogen-bond donors (Lipinski definition) is 0. The summed E-state index contributed by atoms with van der Waals surface area (Å²) < 4.78 is 12.9. The standard InChI is InChI=1S/C16H14ClFN2O/c17-13-4-1-11(2-5-13)10-20(14-6-7-14)16(21)12-3-8-15(18)19-9-12/h1-5,8-9,14H,6-7,10H2. The van der Waals surface area contributed by atoms with Gasteiger partial charge in [-0.25, -0.2) is 4.98 Å². The molecule has 21 heavy (non-hydrogen) atoms. The molecule has 5 heteroatoms. The van der Waals surface area contributed by atoms with Crippen LogP contribution in [0.15, 0.2) is 42.6 Å². The Balaban J connectivity index is 1.79. The van der Waals surface area contributed by atoms with Gasteiger partial charge in [0.1, 0.15) is 0 Å². The number of pyridine rings is 1. The van der Waals surface area contributed by atoms with Gasteiger partial charge in [-0.1, -0.05) is 23.7 Å². The molecule has 2 aromatic rings. The zero-order valence-corrected chi connectivity index (χ0v) is 12.1. The molecular formula is C16H14ClFN2O. The molecule has 0 N–H and O–H groups in total.